The van der Waals surface area contributed by atoms with E-state index in [2.05, 4.69) is 5.32 Å². The van der Waals surface area contributed by atoms with E-state index in [-0.39, 0.29) is 6.42 Å². The van der Waals surface area contributed by atoms with Crippen molar-refractivity contribution in [3.05, 3.63) is 17.7 Å². The molecule has 19 heavy (non-hydrogen) atoms. The molecule has 1 aromatic rings. The molecule has 5 heteroatoms. The third kappa shape index (κ3) is 4.69. The fraction of sp³-hybridized carbons (Fsp3) is 0.500. The lowest BCUT2D eigenvalue weighted by molar-refractivity contribution is -0.137. The molecule has 0 aromatic heterocycles. The molecule has 5 nitrogen and oxygen atoms in total. The highest BCUT2D eigenvalue weighted by molar-refractivity contribution is 5.66. The number of ether oxygens (including phenoxy) is 2. The average Bonchev–Trinajstić information content (AvgIpc) is 2.38. The number of rotatable bonds is 8. The summed E-state index contributed by atoms with van der Waals surface area (Å²) in [4.78, 5) is 10.4. The average molecular weight is 267 g/mol. The van der Waals surface area contributed by atoms with Crippen LogP contribution in [0.4, 0.5) is 5.69 Å². The fourth-order valence-corrected chi connectivity index (χ4v) is 1.81. The zero-order chi connectivity index (χ0) is 14.3. The molecule has 0 aliphatic carbocycles. The first-order valence-corrected chi connectivity index (χ1v) is 6.26. The number of carboxylic acids is 1. The Kier molecular flexibility index (Phi) is 5.99. The van der Waals surface area contributed by atoms with Gasteiger partial charge in [0.05, 0.1) is 19.9 Å². The maximum atomic E-state index is 10.4. The number of anilines is 1. The number of aliphatic carboxylic acids is 1. The van der Waals surface area contributed by atoms with Crippen LogP contribution in [0.15, 0.2) is 12.1 Å². The Morgan fingerprint density at radius 3 is 2.47 bits per heavy atom. The number of carboxylic acid groups (broad SMARTS) is 1. The fourth-order valence-electron chi connectivity index (χ4n) is 1.81. The van der Waals surface area contributed by atoms with Crippen LogP contribution in [0.1, 0.15) is 24.8 Å². The Labute approximate surface area is 113 Å². The highest BCUT2D eigenvalue weighted by Gasteiger charge is 2.08. The van der Waals surface area contributed by atoms with Gasteiger partial charge in [0.1, 0.15) is 11.5 Å². The maximum absolute atomic E-state index is 10.4. The van der Waals surface area contributed by atoms with Crippen LogP contribution in [0, 0.1) is 6.92 Å². The second-order valence-electron chi connectivity index (χ2n) is 4.30. The molecule has 1 rings (SSSR count). The third-order valence-corrected chi connectivity index (χ3v) is 2.85. The zero-order valence-corrected chi connectivity index (χ0v) is 11.7. The molecule has 0 radical (unpaired) electrons. The largest absolute Gasteiger partial charge is 0.496 e. The van der Waals surface area contributed by atoms with Gasteiger partial charge in [0, 0.05) is 19.0 Å². The van der Waals surface area contributed by atoms with Gasteiger partial charge in [-0.15, -0.1) is 0 Å². The van der Waals surface area contributed by atoms with Crippen LogP contribution in [0.25, 0.3) is 0 Å². The summed E-state index contributed by atoms with van der Waals surface area (Å²) in [5, 5.41) is 11.8. The standard InChI is InChI=1S/C14H21NO4/c1-10-8-13(19-3)11(9-12(10)18-2)15-7-5-4-6-14(16)17/h8-9,15H,4-7H2,1-3H3,(H,16,17). The number of methoxy groups -OCH3 is 2. The SMILES string of the molecule is COc1cc(NCCCCC(=O)O)c(OC)cc1C. The second kappa shape index (κ2) is 7.51. The summed E-state index contributed by atoms with van der Waals surface area (Å²) >= 11 is 0. The molecule has 0 saturated heterocycles. The van der Waals surface area contributed by atoms with Gasteiger partial charge in [-0.3, -0.25) is 4.79 Å². The van der Waals surface area contributed by atoms with Crippen molar-refractivity contribution in [2.45, 2.75) is 26.2 Å². The molecule has 0 bridgehead atoms. The molecule has 0 aliphatic rings. The Bertz CT molecular complexity index is 432. The Morgan fingerprint density at radius 2 is 1.89 bits per heavy atom. The molecule has 0 heterocycles. The predicted molar refractivity (Wildman–Crippen MR) is 74.3 cm³/mol. The van der Waals surface area contributed by atoms with Crippen LogP contribution in [0.5, 0.6) is 11.5 Å². The van der Waals surface area contributed by atoms with Gasteiger partial charge in [0.2, 0.25) is 0 Å². The molecule has 0 spiro atoms. The number of unbranched alkanes of at least 4 members (excludes halogenated alkanes) is 1. The molecule has 0 saturated carbocycles. The van der Waals surface area contributed by atoms with Crippen molar-refractivity contribution in [1.29, 1.82) is 0 Å². The third-order valence-electron chi connectivity index (χ3n) is 2.85. The number of benzene rings is 1. The van der Waals surface area contributed by atoms with E-state index in [0.717, 1.165) is 29.2 Å². The molecular weight excluding hydrogens is 246 g/mol. The Morgan fingerprint density at radius 1 is 1.21 bits per heavy atom. The van der Waals surface area contributed by atoms with Crippen molar-refractivity contribution in [2.24, 2.45) is 0 Å². The van der Waals surface area contributed by atoms with E-state index in [1.54, 1.807) is 14.2 Å². The van der Waals surface area contributed by atoms with Gasteiger partial charge in [0.25, 0.3) is 0 Å². The number of nitrogens with one attached hydrogen (secondary N) is 1. The molecule has 0 fully saturated rings. The molecule has 0 amide bonds. The van der Waals surface area contributed by atoms with Crippen molar-refractivity contribution >= 4 is 11.7 Å². The van der Waals surface area contributed by atoms with Crippen LogP contribution in [-0.2, 0) is 4.79 Å². The summed E-state index contributed by atoms with van der Waals surface area (Å²) in [5.74, 6) is 0.806. The van der Waals surface area contributed by atoms with Crippen LogP contribution in [0.3, 0.4) is 0 Å². The van der Waals surface area contributed by atoms with E-state index in [1.165, 1.54) is 0 Å². The summed E-state index contributed by atoms with van der Waals surface area (Å²) in [7, 11) is 3.25. The van der Waals surface area contributed by atoms with Crippen molar-refractivity contribution in [3.8, 4) is 11.5 Å². The smallest absolute Gasteiger partial charge is 0.303 e. The van der Waals surface area contributed by atoms with Gasteiger partial charge in [-0.2, -0.15) is 0 Å². The molecule has 0 unspecified atom stereocenters. The van der Waals surface area contributed by atoms with Crippen molar-refractivity contribution in [2.75, 3.05) is 26.1 Å². The lowest BCUT2D eigenvalue weighted by Gasteiger charge is -2.14. The number of hydrogen-bond acceptors (Lipinski definition) is 4. The number of carbonyl (C=O) groups is 1. The molecule has 106 valence electrons. The second-order valence-corrected chi connectivity index (χ2v) is 4.30. The molecule has 2 N–H and O–H groups in total. The van der Waals surface area contributed by atoms with Gasteiger partial charge in [-0.25, -0.2) is 0 Å². The van der Waals surface area contributed by atoms with Crippen molar-refractivity contribution in [1.82, 2.24) is 0 Å². The van der Waals surface area contributed by atoms with Gasteiger partial charge in [-0.1, -0.05) is 0 Å². The van der Waals surface area contributed by atoms with Gasteiger partial charge in [-0.05, 0) is 31.4 Å². The normalized spacial score (nSPS) is 10.1. The number of aryl methyl sites for hydroxylation is 1. The van der Waals surface area contributed by atoms with Crippen molar-refractivity contribution in [3.63, 3.8) is 0 Å². The summed E-state index contributed by atoms with van der Waals surface area (Å²) < 4.78 is 10.6. The Balaban J connectivity index is 2.58. The lowest BCUT2D eigenvalue weighted by Crippen LogP contribution is -2.05. The topological polar surface area (TPSA) is 67.8 Å². The Hall–Kier alpha value is -1.91. The van der Waals surface area contributed by atoms with E-state index in [0.29, 0.717) is 13.0 Å². The summed E-state index contributed by atoms with van der Waals surface area (Å²) in [6.07, 6.45) is 1.66. The summed E-state index contributed by atoms with van der Waals surface area (Å²) in [6, 6.07) is 3.81. The minimum atomic E-state index is -0.755. The summed E-state index contributed by atoms with van der Waals surface area (Å²) in [5.41, 5.74) is 1.87. The van der Waals surface area contributed by atoms with Gasteiger partial charge in [0.15, 0.2) is 0 Å². The minimum Gasteiger partial charge on any atom is -0.496 e. The predicted octanol–water partition coefficient (Wildman–Crippen LogP) is 2.68. The first-order valence-electron chi connectivity index (χ1n) is 6.26. The first kappa shape index (κ1) is 15.1. The first-order chi connectivity index (χ1) is 9.08. The zero-order valence-electron chi connectivity index (χ0n) is 11.7. The van der Waals surface area contributed by atoms with E-state index < -0.39 is 5.97 Å². The molecule has 1 aromatic carbocycles. The van der Waals surface area contributed by atoms with Crippen LogP contribution in [-0.4, -0.2) is 31.8 Å². The highest BCUT2D eigenvalue weighted by Crippen LogP contribution is 2.32. The van der Waals surface area contributed by atoms with Gasteiger partial charge >= 0.3 is 5.97 Å². The van der Waals surface area contributed by atoms with Crippen LogP contribution < -0.4 is 14.8 Å². The van der Waals surface area contributed by atoms with E-state index in [4.69, 9.17) is 14.6 Å². The number of hydrogen-bond donors (Lipinski definition) is 2. The van der Waals surface area contributed by atoms with Crippen LogP contribution in [0.2, 0.25) is 0 Å². The highest BCUT2D eigenvalue weighted by atomic mass is 16.5. The molecule has 0 atom stereocenters. The van der Waals surface area contributed by atoms with Crippen molar-refractivity contribution < 1.29 is 19.4 Å². The minimum absolute atomic E-state index is 0.204. The van der Waals surface area contributed by atoms with Gasteiger partial charge < -0.3 is 19.9 Å². The lowest BCUT2D eigenvalue weighted by atomic mass is 10.1. The summed E-state index contributed by atoms with van der Waals surface area (Å²) in [6.45, 7) is 2.66. The molecular formula is C14H21NO4. The molecule has 0 aliphatic heterocycles. The maximum Gasteiger partial charge on any atom is 0.303 e. The monoisotopic (exact) mass is 267 g/mol. The van der Waals surface area contributed by atoms with E-state index in [9.17, 15) is 4.79 Å². The van der Waals surface area contributed by atoms with Crippen LogP contribution >= 0.6 is 0 Å². The van der Waals surface area contributed by atoms with E-state index >= 15 is 0 Å². The quantitative estimate of drug-likeness (QED) is 0.709. The van der Waals surface area contributed by atoms with E-state index in [1.807, 2.05) is 19.1 Å².